The molecule has 2 aromatic carbocycles. The molecule has 7 nitrogen and oxygen atoms in total. The predicted octanol–water partition coefficient (Wildman–Crippen LogP) is 3.49. The number of nitrogens with zero attached hydrogens (tertiary/aromatic N) is 4. The van der Waals surface area contributed by atoms with Crippen LogP contribution in [0.1, 0.15) is 19.4 Å². The highest BCUT2D eigenvalue weighted by Crippen LogP contribution is 2.25. The Balaban J connectivity index is 1.70. The molecule has 0 saturated carbocycles. The van der Waals surface area contributed by atoms with E-state index in [9.17, 15) is 4.79 Å². The highest BCUT2D eigenvalue weighted by molar-refractivity contribution is 8.00. The molecule has 3 aromatic rings. The number of rotatable bonds is 7. The Morgan fingerprint density at radius 1 is 1.22 bits per heavy atom. The van der Waals surface area contributed by atoms with Gasteiger partial charge in [0.1, 0.15) is 5.75 Å². The van der Waals surface area contributed by atoms with Crippen LogP contribution in [0.5, 0.6) is 5.75 Å². The second-order valence-electron chi connectivity index (χ2n) is 5.86. The third kappa shape index (κ3) is 4.65. The number of tetrazole rings is 1. The van der Waals surface area contributed by atoms with E-state index in [-0.39, 0.29) is 11.2 Å². The zero-order valence-corrected chi connectivity index (χ0v) is 16.2. The van der Waals surface area contributed by atoms with Crippen molar-refractivity contribution in [1.82, 2.24) is 20.2 Å². The summed E-state index contributed by atoms with van der Waals surface area (Å²) in [7, 11) is 0. The number of hydrogen-bond donors (Lipinski definition) is 1. The molecular formula is C19H21N5O2S. The van der Waals surface area contributed by atoms with Gasteiger partial charge in [0.15, 0.2) is 0 Å². The Morgan fingerprint density at radius 3 is 2.67 bits per heavy atom. The average molecular weight is 383 g/mol. The number of ether oxygens (including phenoxy) is 1. The van der Waals surface area contributed by atoms with Crippen LogP contribution in [0.15, 0.2) is 53.7 Å². The average Bonchev–Trinajstić information content (AvgIpc) is 3.12. The summed E-state index contributed by atoms with van der Waals surface area (Å²) in [6.45, 7) is 6.33. The van der Waals surface area contributed by atoms with E-state index in [0.717, 1.165) is 22.7 Å². The first kappa shape index (κ1) is 18.9. The van der Waals surface area contributed by atoms with E-state index in [1.54, 1.807) is 4.68 Å². The van der Waals surface area contributed by atoms with Gasteiger partial charge in [0.05, 0.1) is 17.5 Å². The quantitative estimate of drug-likeness (QED) is 0.629. The molecule has 1 amide bonds. The Morgan fingerprint density at radius 2 is 1.96 bits per heavy atom. The lowest BCUT2D eigenvalue weighted by Crippen LogP contribution is -2.23. The Labute approximate surface area is 162 Å². The number of anilines is 1. The number of thioether (sulfide) groups is 1. The molecule has 1 atom stereocenters. The lowest BCUT2D eigenvalue weighted by Gasteiger charge is -2.13. The molecule has 140 valence electrons. The highest BCUT2D eigenvalue weighted by atomic mass is 32.2. The van der Waals surface area contributed by atoms with Crippen LogP contribution in [0.2, 0.25) is 0 Å². The molecule has 0 fully saturated rings. The first-order valence-electron chi connectivity index (χ1n) is 8.63. The summed E-state index contributed by atoms with van der Waals surface area (Å²) in [5, 5.41) is 15.0. The maximum absolute atomic E-state index is 12.5. The number of aryl methyl sites for hydroxylation is 1. The first-order valence-corrected chi connectivity index (χ1v) is 9.51. The lowest BCUT2D eigenvalue weighted by atomic mass is 10.2. The number of benzene rings is 2. The smallest absolute Gasteiger partial charge is 0.237 e. The van der Waals surface area contributed by atoms with Crippen LogP contribution in [0.25, 0.3) is 5.69 Å². The summed E-state index contributed by atoms with van der Waals surface area (Å²) in [6, 6.07) is 15.2. The van der Waals surface area contributed by atoms with Crippen molar-refractivity contribution in [3.05, 3.63) is 54.1 Å². The summed E-state index contributed by atoms with van der Waals surface area (Å²) in [6.07, 6.45) is 0. The SMILES string of the molecule is CCOc1ccc(-n2nnnc2S[C@H](C)C(=O)Nc2ccccc2C)cc1. The summed E-state index contributed by atoms with van der Waals surface area (Å²) in [5.74, 6) is 0.685. The second kappa shape index (κ2) is 8.68. The summed E-state index contributed by atoms with van der Waals surface area (Å²) < 4.78 is 7.06. The topological polar surface area (TPSA) is 81.9 Å². The zero-order valence-electron chi connectivity index (χ0n) is 15.4. The van der Waals surface area contributed by atoms with Crippen molar-refractivity contribution >= 4 is 23.4 Å². The maximum Gasteiger partial charge on any atom is 0.237 e. The largest absolute Gasteiger partial charge is 0.494 e. The number of para-hydroxylation sites is 1. The van der Waals surface area contributed by atoms with Crippen molar-refractivity contribution in [2.45, 2.75) is 31.2 Å². The zero-order chi connectivity index (χ0) is 19.2. The molecule has 3 rings (SSSR count). The molecule has 0 aliphatic carbocycles. The Kier molecular flexibility index (Phi) is 6.08. The van der Waals surface area contributed by atoms with E-state index in [1.165, 1.54) is 11.8 Å². The molecule has 0 spiro atoms. The molecule has 8 heteroatoms. The minimum atomic E-state index is -0.364. The molecule has 0 saturated heterocycles. The second-order valence-corrected chi connectivity index (χ2v) is 7.17. The highest BCUT2D eigenvalue weighted by Gasteiger charge is 2.19. The first-order chi connectivity index (χ1) is 13.1. The number of amides is 1. The predicted molar refractivity (Wildman–Crippen MR) is 105 cm³/mol. The van der Waals surface area contributed by atoms with Gasteiger partial charge in [0.2, 0.25) is 11.1 Å². The summed E-state index contributed by atoms with van der Waals surface area (Å²) >= 11 is 1.30. The van der Waals surface area contributed by atoms with Crippen molar-refractivity contribution in [1.29, 1.82) is 0 Å². The Bertz CT molecular complexity index is 910. The van der Waals surface area contributed by atoms with Gasteiger partial charge in [-0.25, -0.2) is 0 Å². The van der Waals surface area contributed by atoms with Gasteiger partial charge in [0, 0.05) is 5.69 Å². The molecule has 1 aromatic heterocycles. The van der Waals surface area contributed by atoms with Crippen molar-refractivity contribution in [2.75, 3.05) is 11.9 Å². The minimum Gasteiger partial charge on any atom is -0.494 e. The standard InChI is InChI=1S/C19H21N5O2S/c1-4-26-16-11-9-15(10-12-16)24-19(21-22-23-24)27-14(3)18(25)20-17-8-6-5-7-13(17)2/h5-12,14H,4H2,1-3H3,(H,20,25)/t14-/m1/s1. The molecule has 0 bridgehead atoms. The van der Waals surface area contributed by atoms with E-state index in [2.05, 4.69) is 20.8 Å². The van der Waals surface area contributed by atoms with Gasteiger partial charge in [-0.05, 0) is 67.1 Å². The summed E-state index contributed by atoms with van der Waals surface area (Å²) in [5.41, 5.74) is 2.63. The number of nitrogens with one attached hydrogen (secondary N) is 1. The van der Waals surface area contributed by atoms with Gasteiger partial charge in [-0.3, -0.25) is 4.79 Å². The summed E-state index contributed by atoms with van der Waals surface area (Å²) in [4.78, 5) is 12.5. The van der Waals surface area contributed by atoms with E-state index in [0.29, 0.717) is 11.8 Å². The van der Waals surface area contributed by atoms with E-state index >= 15 is 0 Å². The molecular weight excluding hydrogens is 362 g/mol. The van der Waals surface area contributed by atoms with Gasteiger partial charge in [-0.2, -0.15) is 4.68 Å². The number of aromatic nitrogens is 4. The monoisotopic (exact) mass is 383 g/mol. The molecule has 0 unspecified atom stereocenters. The van der Waals surface area contributed by atoms with Crippen LogP contribution >= 0.6 is 11.8 Å². The lowest BCUT2D eigenvalue weighted by molar-refractivity contribution is -0.115. The van der Waals surface area contributed by atoms with Gasteiger partial charge >= 0.3 is 0 Å². The fourth-order valence-corrected chi connectivity index (χ4v) is 3.23. The van der Waals surface area contributed by atoms with Gasteiger partial charge < -0.3 is 10.1 Å². The van der Waals surface area contributed by atoms with Crippen LogP contribution in [0.4, 0.5) is 5.69 Å². The molecule has 0 aliphatic heterocycles. The fraction of sp³-hybridized carbons (Fsp3) is 0.263. The van der Waals surface area contributed by atoms with Gasteiger partial charge in [0.25, 0.3) is 0 Å². The minimum absolute atomic E-state index is 0.101. The van der Waals surface area contributed by atoms with E-state index < -0.39 is 0 Å². The number of carbonyl (C=O) groups excluding carboxylic acids is 1. The van der Waals surface area contributed by atoms with Crippen molar-refractivity contribution < 1.29 is 9.53 Å². The normalized spacial score (nSPS) is 11.8. The molecule has 1 N–H and O–H groups in total. The van der Waals surface area contributed by atoms with Crippen LogP contribution in [-0.2, 0) is 4.79 Å². The van der Waals surface area contributed by atoms with Crippen molar-refractivity contribution in [2.24, 2.45) is 0 Å². The molecule has 0 radical (unpaired) electrons. The Hall–Kier alpha value is -2.87. The van der Waals surface area contributed by atoms with Crippen molar-refractivity contribution in [3.8, 4) is 11.4 Å². The fourth-order valence-electron chi connectivity index (χ4n) is 2.42. The van der Waals surface area contributed by atoms with Crippen LogP contribution < -0.4 is 10.1 Å². The maximum atomic E-state index is 12.5. The third-order valence-electron chi connectivity index (χ3n) is 3.89. The van der Waals surface area contributed by atoms with Gasteiger partial charge in [-0.1, -0.05) is 30.0 Å². The van der Waals surface area contributed by atoms with E-state index in [1.807, 2.05) is 69.3 Å². The van der Waals surface area contributed by atoms with E-state index in [4.69, 9.17) is 4.74 Å². The number of carbonyl (C=O) groups is 1. The molecule has 1 heterocycles. The third-order valence-corrected chi connectivity index (χ3v) is 4.92. The number of hydrogen-bond acceptors (Lipinski definition) is 6. The van der Waals surface area contributed by atoms with Crippen LogP contribution in [-0.4, -0.2) is 38.0 Å². The van der Waals surface area contributed by atoms with Crippen molar-refractivity contribution in [3.63, 3.8) is 0 Å². The van der Waals surface area contributed by atoms with Gasteiger partial charge in [-0.15, -0.1) is 5.10 Å². The molecule has 0 aliphatic rings. The van der Waals surface area contributed by atoms with Crippen LogP contribution in [0.3, 0.4) is 0 Å². The van der Waals surface area contributed by atoms with Crippen LogP contribution in [0, 0.1) is 6.92 Å². The molecule has 27 heavy (non-hydrogen) atoms.